The van der Waals surface area contributed by atoms with Crippen molar-refractivity contribution < 1.29 is 14.3 Å². The van der Waals surface area contributed by atoms with E-state index in [0.29, 0.717) is 34.7 Å². The van der Waals surface area contributed by atoms with Crippen LogP contribution in [-0.2, 0) is 0 Å². The van der Waals surface area contributed by atoms with Crippen LogP contribution in [0.5, 0.6) is 11.5 Å². The quantitative estimate of drug-likeness (QED) is 0.736. The number of benzene rings is 2. The van der Waals surface area contributed by atoms with Gasteiger partial charge in [0.1, 0.15) is 13.2 Å². The van der Waals surface area contributed by atoms with Gasteiger partial charge in [-0.15, -0.1) is 11.3 Å². The SMILES string of the molecule is O=C(Nc1nc(-c2ccc3c(c2)OCCO3)cs1)c1ccccc1Cl. The Balaban J connectivity index is 1.54. The van der Waals surface area contributed by atoms with Gasteiger partial charge in [0, 0.05) is 10.9 Å². The standard InChI is InChI=1S/C18H13ClN2O3S/c19-13-4-2-1-3-12(13)17(22)21-18-20-14(10-25-18)11-5-6-15-16(9-11)24-8-7-23-15/h1-6,9-10H,7-8H2,(H,20,21,22). The minimum atomic E-state index is -0.284. The maximum Gasteiger partial charge on any atom is 0.258 e. The van der Waals surface area contributed by atoms with Crippen molar-refractivity contribution >= 4 is 34.0 Å². The molecule has 1 aromatic heterocycles. The topological polar surface area (TPSA) is 60.5 Å². The Kier molecular flexibility index (Phi) is 4.29. The van der Waals surface area contributed by atoms with Crippen LogP contribution >= 0.6 is 22.9 Å². The highest BCUT2D eigenvalue weighted by Crippen LogP contribution is 2.35. The van der Waals surface area contributed by atoms with Gasteiger partial charge in [0.05, 0.1) is 16.3 Å². The summed E-state index contributed by atoms with van der Waals surface area (Å²) in [4.78, 5) is 16.8. The molecule has 0 saturated heterocycles. The molecular formula is C18H13ClN2O3S. The highest BCUT2D eigenvalue weighted by atomic mass is 35.5. The van der Waals surface area contributed by atoms with Crippen molar-refractivity contribution in [2.24, 2.45) is 0 Å². The van der Waals surface area contributed by atoms with Crippen LogP contribution in [0.2, 0.25) is 5.02 Å². The van der Waals surface area contributed by atoms with Crippen LogP contribution in [0.15, 0.2) is 47.8 Å². The number of carbonyl (C=O) groups excluding carboxylic acids is 1. The molecule has 2 heterocycles. The van der Waals surface area contributed by atoms with Gasteiger partial charge < -0.3 is 9.47 Å². The van der Waals surface area contributed by atoms with E-state index >= 15 is 0 Å². The van der Waals surface area contributed by atoms with E-state index in [4.69, 9.17) is 21.1 Å². The maximum atomic E-state index is 12.3. The highest BCUT2D eigenvalue weighted by Gasteiger charge is 2.15. The molecule has 1 N–H and O–H groups in total. The van der Waals surface area contributed by atoms with Crippen molar-refractivity contribution in [3.63, 3.8) is 0 Å². The van der Waals surface area contributed by atoms with Gasteiger partial charge in [-0.1, -0.05) is 23.7 Å². The second-order valence-electron chi connectivity index (χ2n) is 5.33. The number of fused-ring (bicyclic) bond motifs is 1. The van der Waals surface area contributed by atoms with Gasteiger partial charge in [0.15, 0.2) is 16.6 Å². The van der Waals surface area contributed by atoms with E-state index in [1.165, 1.54) is 11.3 Å². The zero-order valence-electron chi connectivity index (χ0n) is 13.0. The molecule has 1 amide bonds. The molecule has 126 valence electrons. The van der Waals surface area contributed by atoms with Crippen LogP contribution in [0, 0.1) is 0 Å². The van der Waals surface area contributed by atoms with Gasteiger partial charge in [-0.25, -0.2) is 4.98 Å². The van der Waals surface area contributed by atoms with Gasteiger partial charge >= 0.3 is 0 Å². The lowest BCUT2D eigenvalue weighted by Gasteiger charge is -2.18. The fourth-order valence-electron chi connectivity index (χ4n) is 2.48. The zero-order chi connectivity index (χ0) is 17.2. The van der Waals surface area contributed by atoms with E-state index in [1.54, 1.807) is 24.3 Å². The number of anilines is 1. The summed E-state index contributed by atoms with van der Waals surface area (Å²) in [6.07, 6.45) is 0. The lowest BCUT2D eigenvalue weighted by atomic mass is 10.1. The Labute approximate surface area is 153 Å². The lowest BCUT2D eigenvalue weighted by Crippen LogP contribution is -2.15. The van der Waals surface area contributed by atoms with Crippen molar-refractivity contribution in [3.8, 4) is 22.8 Å². The van der Waals surface area contributed by atoms with E-state index in [9.17, 15) is 4.79 Å². The third-order valence-electron chi connectivity index (χ3n) is 3.68. The molecule has 0 fully saturated rings. The van der Waals surface area contributed by atoms with Gasteiger partial charge in [-0.2, -0.15) is 0 Å². The van der Waals surface area contributed by atoms with Crippen molar-refractivity contribution in [2.75, 3.05) is 18.5 Å². The molecule has 0 bridgehead atoms. The Bertz CT molecular complexity index is 942. The van der Waals surface area contributed by atoms with Gasteiger partial charge in [0.25, 0.3) is 5.91 Å². The summed E-state index contributed by atoms with van der Waals surface area (Å²) in [6.45, 7) is 1.09. The Morgan fingerprint density at radius 2 is 1.92 bits per heavy atom. The lowest BCUT2D eigenvalue weighted by molar-refractivity contribution is 0.102. The van der Waals surface area contributed by atoms with Crippen LogP contribution in [0.1, 0.15) is 10.4 Å². The monoisotopic (exact) mass is 372 g/mol. The predicted molar refractivity (Wildman–Crippen MR) is 97.9 cm³/mol. The molecule has 0 atom stereocenters. The van der Waals surface area contributed by atoms with Gasteiger partial charge in [0.2, 0.25) is 0 Å². The van der Waals surface area contributed by atoms with E-state index in [2.05, 4.69) is 10.3 Å². The van der Waals surface area contributed by atoms with Crippen molar-refractivity contribution in [1.82, 2.24) is 4.98 Å². The first-order valence-corrected chi connectivity index (χ1v) is 8.88. The molecule has 0 radical (unpaired) electrons. The van der Waals surface area contributed by atoms with E-state index < -0.39 is 0 Å². The molecule has 0 aliphatic carbocycles. The average Bonchev–Trinajstić information content (AvgIpc) is 3.10. The van der Waals surface area contributed by atoms with Crippen molar-refractivity contribution in [1.29, 1.82) is 0 Å². The Hall–Kier alpha value is -2.57. The molecule has 7 heteroatoms. The minimum Gasteiger partial charge on any atom is -0.486 e. The van der Waals surface area contributed by atoms with Gasteiger partial charge in [-0.05, 0) is 30.3 Å². The summed E-state index contributed by atoms with van der Waals surface area (Å²) >= 11 is 7.40. The third kappa shape index (κ3) is 3.31. The molecule has 2 aromatic carbocycles. The van der Waals surface area contributed by atoms with Crippen LogP contribution in [0.4, 0.5) is 5.13 Å². The molecule has 1 aliphatic heterocycles. The first kappa shape index (κ1) is 15.9. The number of aromatic nitrogens is 1. The number of thiazole rings is 1. The summed E-state index contributed by atoms with van der Waals surface area (Å²) in [5.74, 6) is 1.16. The number of ether oxygens (including phenoxy) is 2. The number of amides is 1. The molecular weight excluding hydrogens is 360 g/mol. The van der Waals surface area contributed by atoms with Crippen LogP contribution in [0.25, 0.3) is 11.3 Å². The van der Waals surface area contributed by atoms with Crippen LogP contribution in [0.3, 0.4) is 0 Å². The van der Waals surface area contributed by atoms with E-state index in [0.717, 1.165) is 17.0 Å². The molecule has 4 rings (SSSR count). The fourth-order valence-corrected chi connectivity index (χ4v) is 3.41. The van der Waals surface area contributed by atoms with Gasteiger partial charge in [-0.3, -0.25) is 10.1 Å². The van der Waals surface area contributed by atoms with Crippen LogP contribution < -0.4 is 14.8 Å². The number of nitrogens with one attached hydrogen (secondary N) is 1. The van der Waals surface area contributed by atoms with Crippen molar-refractivity contribution in [2.45, 2.75) is 0 Å². The first-order valence-electron chi connectivity index (χ1n) is 7.62. The molecule has 3 aromatic rings. The zero-order valence-corrected chi connectivity index (χ0v) is 14.6. The number of hydrogen-bond acceptors (Lipinski definition) is 5. The Morgan fingerprint density at radius 3 is 2.76 bits per heavy atom. The number of halogens is 1. The molecule has 25 heavy (non-hydrogen) atoms. The van der Waals surface area contributed by atoms with Crippen LogP contribution in [-0.4, -0.2) is 24.1 Å². The smallest absolute Gasteiger partial charge is 0.258 e. The largest absolute Gasteiger partial charge is 0.486 e. The number of carbonyl (C=O) groups is 1. The predicted octanol–water partition coefficient (Wildman–Crippen LogP) is 4.49. The highest BCUT2D eigenvalue weighted by molar-refractivity contribution is 7.14. The number of rotatable bonds is 3. The Morgan fingerprint density at radius 1 is 1.12 bits per heavy atom. The molecule has 0 spiro atoms. The fraction of sp³-hybridized carbons (Fsp3) is 0.111. The third-order valence-corrected chi connectivity index (χ3v) is 4.77. The first-order chi connectivity index (χ1) is 12.2. The summed E-state index contributed by atoms with van der Waals surface area (Å²) in [7, 11) is 0. The average molecular weight is 373 g/mol. The summed E-state index contributed by atoms with van der Waals surface area (Å²) in [5, 5.41) is 5.58. The van der Waals surface area contributed by atoms with Crippen molar-refractivity contribution in [3.05, 3.63) is 58.4 Å². The number of hydrogen-bond donors (Lipinski definition) is 1. The normalized spacial score (nSPS) is 12.7. The maximum absolute atomic E-state index is 12.3. The van der Waals surface area contributed by atoms with E-state index in [-0.39, 0.29) is 5.91 Å². The molecule has 5 nitrogen and oxygen atoms in total. The summed E-state index contributed by atoms with van der Waals surface area (Å²) in [5.41, 5.74) is 2.08. The molecule has 1 aliphatic rings. The van der Waals surface area contributed by atoms with E-state index in [1.807, 2.05) is 23.6 Å². The molecule has 0 unspecified atom stereocenters. The molecule has 0 saturated carbocycles. The number of nitrogens with zero attached hydrogens (tertiary/aromatic N) is 1. The summed E-state index contributed by atoms with van der Waals surface area (Å²) in [6, 6.07) is 12.6. The second kappa shape index (κ2) is 6.74. The summed E-state index contributed by atoms with van der Waals surface area (Å²) < 4.78 is 11.1. The minimum absolute atomic E-state index is 0.284. The second-order valence-corrected chi connectivity index (χ2v) is 6.60.